The van der Waals surface area contributed by atoms with E-state index >= 15 is 0 Å². The van der Waals surface area contributed by atoms with Gasteiger partial charge < -0.3 is 0 Å². The molecule has 0 amide bonds. The van der Waals surface area contributed by atoms with Crippen LogP contribution in [0.2, 0.25) is 0 Å². The maximum Gasteiger partial charge on any atom is -0.0383 e. The molecule has 2 saturated carbocycles. The van der Waals surface area contributed by atoms with E-state index in [1.807, 2.05) is 0 Å². The normalized spacial score (nSPS) is 47.3. The van der Waals surface area contributed by atoms with Crippen molar-refractivity contribution in [1.29, 1.82) is 0 Å². The van der Waals surface area contributed by atoms with Gasteiger partial charge in [0.1, 0.15) is 0 Å². The average molecular weight is 250 g/mol. The molecule has 0 aliphatic heterocycles. The van der Waals surface area contributed by atoms with Crippen LogP contribution in [0.1, 0.15) is 79.1 Å². The molecule has 106 valence electrons. The quantitative estimate of drug-likeness (QED) is 0.507. The van der Waals surface area contributed by atoms with Crippen molar-refractivity contribution in [3.05, 3.63) is 0 Å². The minimum absolute atomic E-state index is 0.975. The third kappa shape index (κ3) is 4.00. The van der Waals surface area contributed by atoms with Gasteiger partial charge >= 0.3 is 0 Å². The molecule has 0 heteroatoms. The molecule has 2 fully saturated rings. The van der Waals surface area contributed by atoms with Crippen LogP contribution < -0.4 is 0 Å². The van der Waals surface area contributed by atoms with Crippen LogP contribution in [0.25, 0.3) is 0 Å². The summed E-state index contributed by atoms with van der Waals surface area (Å²) in [6.45, 7) is 9.93. The van der Waals surface area contributed by atoms with Gasteiger partial charge in [-0.2, -0.15) is 0 Å². The number of rotatable bonds is 1. The van der Waals surface area contributed by atoms with Gasteiger partial charge in [0, 0.05) is 0 Å². The number of hydrogen-bond donors (Lipinski definition) is 0. The standard InChI is InChI=1S/C18H34/c1-13-5-7-17(11-15(3)9-13)18-8-6-14(2)10-16(4)12-18/h13-18H,5-12H2,1-4H3. The smallest absolute Gasteiger partial charge is 0.0383 e. The van der Waals surface area contributed by atoms with Gasteiger partial charge in [0.05, 0.1) is 0 Å². The van der Waals surface area contributed by atoms with Crippen LogP contribution in [-0.2, 0) is 0 Å². The van der Waals surface area contributed by atoms with Crippen LogP contribution in [-0.4, -0.2) is 0 Å². The van der Waals surface area contributed by atoms with Crippen molar-refractivity contribution in [2.45, 2.75) is 79.1 Å². The van der Waals surface area contributed by atoms with E-state index in [0.29, 0.717) is 0 Å². The highest BCUT2D eigenvalue weighted by Gasteiger charge is 2.30. The predicted octanol–water partition coefficient (Wildman–Crippen LogP) is 5.91. The molecule has 2 aliphatic rings. The van der Waals surface area contributed by atoms with E-state index in [1.165, 1.54) is 51.4 Å². The van der Waals surface area contributed by atoms with Crippen molar-refractivity contribution in [3.8, 4) is 0 Å². The second kappa shape index (κ2) is 6.44. The van der Waals surface area contributed by atoms with E-state index in [2.05, 4.69) is 27.7 Å². The molecule has 0 aromatic carbocycles. The Balaban J connectivity index is 1.96. The molecular formula is C18H34. The molecule has 0 aromatic heterocycles. The van der Waals surface area contributed by atoms with Gasteiger partial charge in [-0.1, -0.05) is 40.5 Å². The maximum atomic E-state index is 2.50. The Morgan fingerprint density at radius 1 is 0.444 bits per heavy atom. The van der Waals surface area contributed by atoms with E-state index in [0.717, 1.165) is 35.5 Å². The Morgan fingerprint density at radius 3 is 1.22 bits per heavy atom. The highest BCUT2D eigenvalue weighted by atomic mass is 14.4. The van der Waals surface area contributed by atoms with Gasteiger partial charge in [0.25, 0.3) is 0 Å². The average Bonchev–Trinajstić information content (AvgIpc) is 2.54. The summed E-state index contributed by atoms with van der Waals surface area (Å²) in [5.74, 6) is 6.02. The molecule has 0 bridgehead atoms. The Morgan fingerprint density at radius 2 is 0.833 bits per heavy atom. The topological polar surface area (TPSA) is 0 Å². The Kier molecular flexibility index (Phi) is 5.15. The molecule has 0 nitrogen and oxygen atoms in total. The first-order chi connectivity index (χ1) is 8.54. The fraction of sp³-hybridized carbons (Fsp3) is 1.00. The first-order valence-corrected chi connectivity index (χ1v) is 8.54. The lowest BCUT2D eigenvalue weighted by Gasteiger charge is -2.28. The third-order valence-electron chi connectivity index (χ3n) is 5.75. The minimum atomic E-state index is 0.975. The monoisotopic (exact) mass is 250 g/mol. The summed E-state index contributed by atoms with van der Waals surface area (Å²) >= 11 is 0. The van der Waals surface area contributed by atoms with Crippen molar-refractivity contribution in [3.63, 3.8) is 0 Å². The molecule has 6 unspecified atom stereocenters. The fourth-order valence-corrected chi connectivity index (χ4v) is 4.92. The first kappa shape index (κ1) is 14.4. The van der Waals surface area contributed by atoms with E-state index in [4.69, 9.17) is 0 Å². The van der Waals surface area contributed by atoms with E-state index in [1.54, 1.807) is 0 Å². The van der Waals surface area contributed by atoms with Crippen molar-refractivity contribution >= 4 is 0 Å². The second-order valence-corrected chi connectivity index (χ2v) is 8.04. The van der Waals surface area contributed by atoms with Gasteiger partial charge in [0.2, 0.25) is 0 Å². The second-order valence-electron chi connectivity index (χ2n) is 8.04. The van der Waals surface area contributed by atoms with Crippen LogP contribution in [0.5, 0.6) is 0 Å². The van der Waals surface area contributed by atoms with Gasteiger partial charge in [-0.3, -0.25) is 0 Å². The van der Waals surface area contributed by atoms with Gasteiger partial charge in [-0.05, 0) is 74.0 Å². The van der Waals surface area contributed by atoms with Gasteiger partial charge in [-0.25, -0.2) is 0 Å². The summed E-state index contributed by atoms with van der Waals surface area (Å²) in [6, 6.07) is 0. The molecule has 0 heterocycles. The Labute approximate surface area is 115 Å². The molecule has 0 aromatic rings. The lowest BCUT2D eigenvalue weighted by molar-refractivity contribution is 0.230. The van der Waals surface area contributed by atoms with Crippen LogP contribution in [0.15, 0.2) is 0 Å². The minimum Gasteiger partial charge on any atom is -0.0625 e. The Hall–Kier alpha value is 0. The summed E-state index contributed by atoms with van der Waals surface area (Å²) in [5, 5.41) is 0. The molecule has 6 atom stereocenters. The van der Waals surface area contributed by atoms with Crippen molar-refractivity contribution in [1.82, 2.24) is 0 Å². The van der Waals surface area contributed by atoms with Crippen molar-refractivity contribution < 1.29 is 0 Å². The summed E-state index contributed by atoms with van der Waals surface area (Å²) in [5.41, 5.74) is 0. The summed E-state index contributed by atoms with van der Waals surface area (Å²) in [7, 11) is 0. The zero-order valence-corrected chi connectivity index (χ0v) is 13.1. The van der Waals surface area contributed by atoms with E-state index < -0.39 is 0 Å². The highest BCUT2D eigenvalue weighted by molar-refractivity contribution is 4.81. The lowest BCUT2D eigenvalue weighted by Crippen LogP contribution is -2.17. The Bertz CT molecular complexity index is 218. The number of hydrogen-bond acceptors (Lipinski definition) is 0. The fourth-order valence-electron chi connectivity index (χ4n) is 4.92. The molecule has 0 N–H and O–H groups in total. The van der Waals surface area contributed by atoms with Crippen molar-refractivity contribution in [2.75, 3.05) is 0 Å². The van der Waals surface area contributed by atoms with Crippen LogP contribution in [0, 0.1) is 35.5 Å². The molecule has 2 aliphatic carbocycles. The predicted molar refractivity (Wildman–Crippen MR) is 80.6 cm³/mol. The summed E-state index contributed by atoms with van der Waals surface area (Å²) in [6.07, 6.45) is 12.1. The summed E-state index contributed by atoms with van der Waals surface area (Å²) < 4.78 is 0. The first-order valence-electron chi connectivity index (χ1n) is 8.54. The zero-order chi connectivity index (χ0) is 13.1. The molecule has 2 rings (SSSR count). The largest absolute Gasteiger partial charge is 0.0625 e. The lowest BCUT2D eigenvalue weighted by atomic mass is 9.78. The van der Waals surface area contributed by atoms with Crippen LogP contribution in [0.4, 0.5) is 0 Å². The highest BCUT2D eigenvalue weighted by Crippen LogP contribution is 2.42. The van der Waals surface area contributed by atoms with E-state index in [9.17, 15) is 0 Å². The van der Waals surface area contributed by atoms with E-state index in [-0.39, 0.29) is 0 Å². The summed E-state index contributed by atoms with van der Waals surface area (Å²) in [4.78, 5) is 0. The van der Waals surface area contributed by atoms with Gasteiger partial charge in [0.15, 0.2) is 0 Å². The SMILES string of the molecule is CC1CCC(C2CCC(C)CC(C)C2)CC(C)C1. The molecular weight excluding hydrogens is 216 g/mol. The molecule has 0 saturated heterocycles. The van der Waals surface area contributed by atoms with Gasteiger partial charge in [-0.15, -0.1) is 0 Å². The zero-order valence-electron chi connectivity index (χ0n) is 13.1. The van der Waals surface area contributed by atoms with Crippen LogP contribution >= 0.6 is 0 Å². The maximum absolute atomic E-state index is 2.50. The third-order valence-corrected chi connectivity index (χ3v) is 5.75. The molecule has 0 radical (unpaired) electrons. The van der Waals surface area contributed by atoms with Crippen LogP contribution in [0.3, 0.4) is 0 Å². The van der Waals surface area contributed by atoms with Crippen molar-refractivity contribution in [2.24, 2.45) is 35.5 Å². The molecule has 0 spiro atoms. The molecule has 18 heavy (non-hydrogen) atoms.